The first-order valence-electron chi connectivity index (χ1n) is 5.95. The van der Waals surface area contributed by atoms with E-state index >= 15 is 0 Å². The third-order valence-corrected chi connectivity index (χ3v) is 3.39. The molecule has 86 valence electrons. The van der Waals surface area contributed by atoms with Crippen molar-refractivity contribution < 1.29 is 9.47 Å². The zero-order chi connectivity index (χ0) is 11.0. The molecule has 1 aliphatic carbocycles. The molecule has 3 rings (SSSR count). The Labute approximate surface area is 95.8 Å². The second-order valence-electron chi connectivity index (χ2n) is 4.69. The average Bonchev–Trinajstić information content (AvgIpc) is 3.04. The maximum absolute atomic E-state index is 5.36. The number of ether oxygens (including phenoxy) is 2. The lowest BCUT2D eigenvalue weighted by Gasteiger charge is -2.12. The summed E-state index contributed by atoms with van der Waals surface area (Å²) < 4.78 is 10.6. The molecule has 0 bridgehead atoms. The summed E-state index contributed by atoms with van der Waals surface area (Å²) in [5.41, 5.74) is 1.26. The topological polar surface area (TPSA) is 30.5 Å². The van der Waals surface area contributed by atoms with Gasteiger partial charge in [-0.15, -0.1) is 0 Å². The predicted molar refractivity (Wildman–Crippen MR) is 61.6 cm³/mol. The molecule has 1 fully saturated rings. The first-order chi connectivity index (χ1) is 7.83. The van der Waals surface area contributed by atoms with E-state index in [1.807, 2.05) is 6.07 Å². The van der Waals surface area contributed by atoms with Crippen LogP contribution in [0.4, 0.5) is 0 Å². The van der Waals surface area contributed by atoms with Gasteiger partial charge in [0.1, 0.15) is 0 Å². The Kier molecular flexibility index (Phi) is 2.48. The van der Waals surface area contributed by atoms with Gasteiger partial charge in [0, 0.05) is 12.6 Å². The number of benzene rings is 1. The van der Waals surface area contributed by atoms with E-state index in [2.05, 4.69) is 24.4 Å². The largest absolute Gasteiger partial charge is 0.454 e. The Morgan fingerprint density at radius 3 is 2.94 bits per heavy atom. The van der Waals surface area contributed by atoms with Gasteiger partial charge in [-0.3, -0.25) is 0 Å². The lowest BCUT2D eigenvalue weighted by atomic mass is 10.1. The van der Waals surface area contributed by atoms with Crippen molar-refractivity contribution in [3.63, 3.8) is 0 Å². The summed E-state index contributed by atoms with van der Waals surface area (Å²) in [6.07, 6.45) is 2.77. The van der Waals surface area contributed by atoms with Crippen LogP contribution in [0.15, 0.2) is 18.2 Å². The predicted octanol–water partition coefficient (Wildman–Crippen LogP) is 2.30. The molecule has 0 spiro atoms. The molecular weight excluding hydrogens is 202 g/mol. The molecular formula is C13H17NO2. The molecule has 1 aliphatic heterocycles. The number of fused-ring (bicyclic) bond motifs is 1. The SMILES string of the molecule is CC(NCc1ccc2c(c1)OCO2)C1CC1. The van der Waals surface area contributed by atoms with Crippen molar-refractivity contribution in [1.29, 1.82) is 0 Å². The molecule has 0 radical (unpaired) electrons. The van der Waals surface area contributed by atoms with Crippen LogP contribution in [0, 0.1) is 5.92 Å². The summed E-state index contributed by atoms with van der Waals surface area (Å²) in [6.45, 7) is 3.53. The summed E-state index contributed by atoms with van der Waals surface area (Å²) in [5.74, 6) is 2.63. The van der Waals surface area contributed by atoms with Crippen molar-refractivity contribution in [2.24, 2.45) is 5.92 Å². The van der Waals surface area contributed by atoms with Crippen molar-refractivity contribution in [2.45, 2.75) is 32.4 Å². The summed E-state index contributed by atoms with van der Waals surface area (Å²) >= 11 is 0. The van der Waals surface area contributed by atoms with Gasteiger partial charge in [-0.1, -0.05) is 6.07 Å². The average molecular weight is 219 g/mol. The summed E-state index contributed by atoms with van der Waals surface area (Å²) in [6, 6.07) is 6.78. The van der Waals surface area contributed by atoms with Gasteiger partial charge in [0.05, 0.1) is 0 Å². The van der Waals surface area contributed by atoms with Crippen LogP contribution in [-0.2, 0) is 6.54 Å². The van der Waals surface area contributed by atoms with Gasteiger partial charge in [-0.25, -0.2) is 0 Å². The monoisotopic (exact) mass is 219 g/mol. The van der Waals surface area contributed by atoms with E-state index in [1.54, 1.807) is 0 Å². The van der Waals surface area contributed by atoms with Crippen LogP contribution in [0.3, 0.4) is 0 Å². The Bertz CT molecular complexity index is 388. The van der Waals surface area contributed by atoms with Crippen LogP contribution >= 0.6 is 0 Å². The summed E-state index contributed by atoms with van der Waals surface area (Å²) in [7, 11) is 0. The molecule has 1 unspecified atom stereocenters. The molecule has 1 aromatic carbocycles. The van der Waals surface area contributed by atoms with Crippen molar-refractivity contribution in [1.82, 2.24) is 5.32 Å². The maximum Gasteiger partial charge on any atom is 0.231 e. The fourth-order valence-electron chi connectivity index (χ4n) is 2.09. The van der Waals surface area contributed by atoms with Crippen molar-refractivity contribution >= 4 is 0 Å². The van der Waals surface area contributed by atoms with Gasteiger partial charge >= 0.3 is 0 Å². The van der Waals surface area contributed by atoms with E-state index in [4.69, 9.17) is 9.47 Å². The molecule has 1 aromatic rings. The standard InChI is InChI=1S/C13H17NO2/c1-9(11-3-4-11)14-7-10-2-5-12-13(6-10)16-8-15-12/h2,5-6,9,11,14H,3-4,7-8H2,1H3. The van der Waals surface area contributed by atoms with Crippen LogP contribution < -0.4 is 14.8 Å². The van der Waals surface area contributed by atoms with Crippen LogP contribution in [0.5, 0.6) is 11.5 Å². The van der Waals surface area contributed by atoms with Crippen molar-refractivity contribution in [3.8, 4) is 11.5 Å². The Hall–Kier alpha value is -1.22. The third kappa shape index (κ3) is 2.00. The molecule has 1 saturated carbocycles. The van der Waals surface area contributed by atoms with Gasteiger partial charge in [0.2, 0.25) is 6.79 Å². The smallest absolute Gasteiger partial charge is 0.231 e. The quantitative estimate of drug-likeness (QED) is 0.843. The minimum absolute atomic E-state index is 0.352. The normalized spacial score (nSPS) is 19.8. The minimum atomic E-state index is 0.352. The van der Waals surface area contributed by atoms with Crippen LogP contribution in [-0.4, -0.2) is 12.8 Å². The Balaban J connectivity index is 1.61. The molecule has 0 aromatic heterocycles. The highest BCUT2D eigenvalue weighted by atomic mass is 16.7. The van der Waals surface area contributed by atoms with E-state index in [1.165, 1.54) is 18.4 Å². The number of hydrogen-bond donors (Lipinski definition) is 1. The fraction of sp³-hybridized carbons (Fsp3) is 0.538. The molecule has 1 N–H and O–H groups in total. The highest BCUT2D eigenvalue weighted by Gasteiger charge is 2.27. The van der Waals surface area contributed by atoms with E-state index in [0.717, 1.165) is 24.0 Å². The zero-order valence-corrected chi connectivity index (χ0v) is 9.53. The molecule has 1 heterocycles. The van der Waals surface area contributed by atoms with Crippen molar-refractivity contribution in [2.75, 3.05) is 6.79 Å². The molecule has 0 saturated heterocycles. The second kappa shape index (κ2) is 3.98. The number of rotatable bonds is 4. The van der Waals surface area contributed by atoms with Crippen molar-refractivity contribution in [3.05, 3.63) is 23.8 Å². The van der Waals surface area contributed by atoms with Gasteiger partial charge in [-0.05, 0) is 43.4 Å². The highest BCUT2D eigenvalue weighted by molar-refractivity contribution is 5.44. The lowest BCUT2D eigenvalue weighted by molar-refractivity contribution is 0.174. The molecule has 3 heteroatoms. The number of hydrogen-bond acceptors (Lipinski definition) is 3. The molecule has 3 nitrogen and oxygen atoms in total. The van der Waals surface area contributed by atoms with Gasteiger partial charge < -0.3 is 14.8 Å². The molecule has 16 heavy (non-hydrogen) atoms. The maximum atomic E-state index is 5.36. The summed E-state index contributed by atoms with van der Waals surface area (Å²) in [4.78, 5) is 0. The molecule has 0 amide bonds. The third-order valence-electron chi connectivity index (χ3n) is 3.39. The zero-order valence-electron chi connectivity index (χ0n) is 9.53. The first-order valence-corrected chi connectivity index (χ1v) is 5.95. The van der Waals surface area contributed by atoms with Crippen LogP contribution in [0.25, 0.3) is 0 Å². The van der Waals surface area contributed by atoms with E-state index in [9.17, 15) is 0 Å². The van der Waals surface area contributed by atoms with Crippen LogP contribution in [0.2, 0.25) is 0 Å². The minimum Gasteiger partial charge on any atom is -0.454 e. The Morgan fingerprint density at radius 2 is 2.12 bits per heavy atom. The number of nitrogens with one attached hydrogen (secondary N) is 1. The first kappa shape index (κ1) is 9.97. The van der Waals surface area contributed by atoms with Gasteiger partial charge in [0.15, 0.2) is 11.5 Å². The second-order valence-corrected chi connectivity index (χ2v) is 4.69. The van der Waals surface area contributed by atoms with Crippen LogP contribution in [0.1, 0.15) is 25.3 Å². The Morgan fingerprint density at radius 1 is 1.31 bits per heavy atom. The van der Waals surface area contributed by atoms with E-state index in [0.29, 0.717) is 12.8 Å². The molecule has 1 atom stereocenters. The fourth-order valence-corrected chi connectivity index (χ4v) is 2.09. The van der Waals surface area contributed by atoms with E-state index in [-0.39, 0.29) is 0 Å². The van der Waals surface area contributed by atoms with Gasteiger partial charge in [0.25, 0.3) is 0 Å². The van der Waals surface area contributed by atoms with Gasteiger partial charge in [-0.2, -0.15) is 0 Å². The highest BCUT2D eigenvalue weighted by Crippen LogP contribution is 2.34. The lowest BCUT2D eigenvalue weighted by Crippen LogP contribution is -2.27. The van der Waals surface area contributed by atoms with E-state index < -0.39 is 0 Å². The molecule has 2 aliphatic rings. The summed E-state index contributed by atoms with van der Waals surface area (Å²) in [5, 5.41) is 3.56.